The number of hydrogen-bond donors (Lipinski definition) is 1. The van der Waals surface area contributed by atoms with Crippen LogP contribution in [0.3, 0.4) is 0 Å². The highest BCUT2D eigenvalue weighted by Gasteiger charge is 2.41. The number of anilines is 1. The first-order valence-electron chi connectivity index (χ1n) is 7.47. The first-order valence-corrected chi connectivity index (χ1v) is 7.47. The molecule has 1 aromatic rings. The van der Waals surface area contributed by atoms with Gasteiger partial charge in [-0.3, -0.25) is 0 Å². The molecule has 0 aromatic heterocycles. The Morgan fingerprint density at radius 3 is 2.58 bits per heavy atom. The van der Waals surface area contributed by atoms with E-state index in [0.717, 1.165) is 17.8 Å². The molecule has 2 aliphatic heterocycles. The van der Waals surface area contributed by atoms with Crippen LogP contribution in [0.15, 0.2) is 18.2 Å². The molecule has 0 aliphatic carbocycles. The predicted octanol–water partition coefficient (Wildman–Crippen LogP) is 3.24. The van der Waals surface area contributed by atoms with Crippen molar-refractivity contribution in [1.29, 1.82) is 0 Å². The second-order valence-electron chi connectivity index (χ2n) is 5.90. The van der Waals surface area contributed by atoms with Gasteiger partial charge in [-0.05, 0) is 51.3 Å². The van der Waals surface area contributed by atoms with E-state index in [0.29, 0.717) is 18.1 Å². The van der Waals surface area contributed by atoms with Crippen molar-refractivity contribution < 1.29 is 4.39 Å². The lowest BCUT2D eigenvalue weighted by molar-refractivity contribution is 0.361. The van der Waals surface area contributed by atoms with Crippen LogP contribution in [0.2, 0.25) is 0 Å². The van der Waals surface area contributed by atoms with Crippen molar-refractivity contribution in [1.82, 2.24) is 5.32 Å². The summed E-state index contributed by atoms with van der Waals surface area (Å²) in [6.45, 7) is 5.12. The van der Waals surface area contributed by atoms with Crippen molar-refractivity contribution in [3.63, 3.8) is 0 Å². The highest BCUT2D eigenvalue weighted by Crippen LogP contribution is 2.40. The van der Waals surface area contributed by atoms with Gasteiger partial charge >= 0.3 is 0 Å². The molecular weight excluding hydrogens is 239 g/mol. The van der Waals surface area contributed by atoms with E-state index in [1.54, 1.807) is 6.07 Å². The lowest BCUT2D eigenvalue weighted by atomic mass is 9.95. The Labute approximate surface area is 115 Å². The summed E-state index contributed by atoms with van der Waals surface area (Å²) in [5, 5.41) is 3.58. The summed E-state index contributed by atoms with van der Waals surface area (Å²) in [6.07, 6.45) is 4.89. The van der Waals surface area contributed by atoms with Crippen LogP contribution >= 0.6 is 0 Å². The third-order valence-electron chi connectivity index (χ3n) is 4.74. The highest BCUT2D eigenvalue weighted by molar-refractivity contribution is 5.56. The van der Waals surface area contributed by atoms with Gasteiger partial charge in [0.2, 0.25) is 0 Å². The number of nitrogens with zero attached hydrogens (tertiary/aromatic N) is 1. The number of nitrogens with one attached hydrogen (secondary N) is 1. The van der Waals surface area contributed by atoms with Gasteiger partial charge in [0, 0.05) is 29.4 Å². The third kappa shape index (κ3) is 2.25. The van der Waals surface area contributed by atoms with Crippen LogP contribution in [0.5, 0.6) is 0 Å². The summed E-state index contributed by atoms with van der Waals surface area (Å²) in [6, 6.07) is 7.30. The van der Waals surface area contributed by atoms with Crippen LogP contribution in [0.1, 0.15) is 38.2 Å². The summed E-state index contributed by atoms with van der Waals surface area (Å²) in [5.74, 6) is -0.0780. The lowest BCUT2D eigenvalue weighted by Gasteiger charge is -2.41. The zero-order chi connectivity index (χ0) is 13.4. The van der Waals surface area contributed by atoms with Gasteiger partial charge < -0.3 is 10.2 Å². The monoisotopic (exact) mass is 262 g/mol. The Bertz CT molecular complexity index is 446. The number of rotatable bonds is 3. The van der Waals surface area contributed by atoms with Gasteiger partial charge in [0.05, 0.1) is 0 Å². The minimum atomic E-state index is -0.0780. The Balaban J connectivity index is 1.85. The Morgan fingerprint density at radius 2 is 1.95 bits per heavy atom. The number of hydrogen-bond acceptors (Lipinski definition) is 2. The molecule has 0 radical (unpaired) electrons. The molecule has 2 atom stereocenters. The van der Waals surface area contributed by atoms with Crippen molar-refractivity contribution in [2.45, 2.75) is 57.7 Å². The average Bonchev–Trinajstić information content (AvgIpc) is 2.65. The quantitative estimate of drug-likeness (QED) is 0.899. The fourth-order valence-electron chi connectivity index (χ4n) is 3.90. The predicted molar refractivity (Wildman–Crippen MR) is 77.1 cm³/mol. The van der Waals surface area contributed by atoms with Crippen LogP contribution in [-0.4, -0.2) is 24.7 Å². The average molecular weight is 262 g/mol. The number of piperidine rings is 1. The Kier molecular flexibility index (Phi) is 3.48. The van der Waals surface area contributed by atoms with Crippen LogP contribution in [0.4, 0.5) is 10.1 Å². The van der Waals surface area contributed by atoms with E-state index in [-0.39, 0.29) is 5.82 Å². The minimum Gasteiger partial charge on any atom is -0.365 e. The van der Waals surface area contributed by atoms with E-state index < -0.39 is 0 Å². The maximum Gasteiger partial charge on any atom is 0.128 e. The molecule has 19 heavy (non-hydrogen) atoms. The van der Waals surface area contributed by atoms with Crippen molar-refractivity contribution in [2.24, 2.45) is 0 Å². The van der Waals surface area contributed by atoms with Crippen molar-refractivity contribution in [3.8, 4) is 0 Å². The Morgan fingerprint density at radius 1 is 1.26 bits per heavy atom. The summed E-state index contributed by atoms with van der Waals surface area (Å²) >= 11 is 0. The van der Waals surface area contributed by atoms with Crippen molar-refractivity contribution in [3.05, 3.63) is 29.6 Å². The molecule has 3 rings (SSSR count). The number of benzene rings is 1. The fourth-order valence-corrected chi connectivity index (χ4v) is 3.90. The Hall–Kier alpha value is -1.09. The summed E-state index contributed by atoms with van der Waals surface area (Å²) in [4.78, 5) is 2.49. The van der Waals surface area contributed by atoms with Gasteiger partial charge in [0.1, 0.15) is 5.82 Å². The molecule has 2 fully saturated rings. The molecule has 0 saturated carbocycles. The van der Waals surface area contributed by atoms with E-state index in [2.05, 4.69) is 23.2 Å². The second kappa shape index (κ2) is 5.12. The molecule has 0 spiro atoms. The SMILES string of the molecule is CCNC1CC2CCC(C1)N2c1cccc(F)c1C. The molecule has 2 bridgehead atoms. The first-order chi connectivity index (χ1) is 9.20. The van der Waals surface area contributed by atoms with Crippen molar-refractivity contribution >= 4 is 5.69 Å². The zero-order valence-electron chi connectivity index (χ0n) is 11.8. The molecule has 1 N–H and O–H groups in total. The smallest absolute Gasteiger partial charge is 0.128 e. The van der Waals surface area contributed by atoms with E-state index in [9.17, 15) is 4.39 Å². The van der Waals surface area contributed by atoms with Gasteiger partial charge in [-0.1, -0.05) is 13.0 Å². The van der Waals surface area contributed by atoms with Gasteiger partial charge in [-0.15, -0.1) is 0 Å². The van der Waals surface area contributed by atoms with Crippen molar-refractivity contribution in [2.75, 3.05) is 11.4 Å². The third-order valence-corrected chi connectivity index (χ3v) is 4.74. The van der Waals surface area contributed by atoms with Crippen LogP contribution in [0.25, 0.3) is 0 Å². The largest absolute Gasteiger partial charge is 0.365 e. The molecule has 2 saturated heterocycles. The minimum absolute atomic E-state index is 0.0780. The standard InChI is InChI=1S/C16H23FN2/c1-3-18-12-9-13-7-8-14(10-12)19(13)16-6-4-5-15(17)11(16)2/h4-6,12-14,18H,3,7-10H2,1-2H3. The molecule has 2 unspecified atom stereocenters. The molecular formula is C16H23FN2. The van der Waals surface area contributed by atoms with Gasteiger partial charge in [-0.2, -0.15) is 0 Å². The summed E-state index contributed by atoms with van der Waals surface area (Å²) < 4.78 is 13.8. The molecule has 2 aliphatic rings. The van der Waals surface area contributed by atoms with Crippen LogP contribution in [-0.2, 0) is 0 Å². The summed E-state index contributed by atoms with van der Waals surface area (Å²) in [7, 11) is 0. The number of halogens is 1. The zero-order valence-corrected chi connectivity index (χ0v) is 11.8. The molecule has 104 valence electrons. The normalized spacial score (nSPS) is 29.8. The molecule has 3 heteroatoms. The molecule has 2 nitrogen and oxygen atoms in total. The fraction of sp³-hybridized carbons (Fsp3) is 0.625. The maximum atomic E-state index is 13.8. The van der Waals surface area contributed by atoms with Gasteiger partial charge in [0.25, 0.3) is 0 Å². The van der Waals surface area contributed by atoms with Gasteiger partial charge in [0.15, 0.2) is 0 Å². The van der Waals surface area contributed by atoms with E-state index in [1.165, 1.54) is 25.7 Å². The van der Waals surface area contributed by atoms with E-state index in [1.807, 2.05) is 13.0 Å². The van der Waals surface area contributed by atoms with E-state index >= 15 is 0 Å². The van der Waals surface area contributed by atoms with Crippen LogP contribution in [0, 0.1) is 12.7 Å². The molecule has 1 aromatic carbocycles. The first kappa shape index (κ1) is 12.9. The highest BCUT2D eigenvalue weighted by atomic mass is 19.1. The maximum absolute atomic E-state index is 13.8. The van der Waals surface area contributed by atoms with Gasteiger partial charge in [-0.25, -0.2) is 4.39 Å². The topological polar surface area (TPSA) is 15.3 Å². The lowest BCUT2D eigenvalue weighted by Crippen LogP contribution is -2.49. The molecule has 2 heterocycles. The van der Waals surface area contributed by atoms with Crippen LogP contribution < -0.4 is 10.2 Å². The number of fused-ring (bicyclic) bond motifs is 2. The summed E-state index contributed by atoms with van der Waals surface area (Å²) in [5.41, 5.74) is 1.92. The molecule has 0 amide bonds. The second-order valence-corrected chi connectivity index (χ2v) is 5.90. The van der Waals surface area contributed by atoms with E-state index in [4.69, 9.17) is 0 Å².